The van der Waals surface area contributed by atoms with E-state index in [9.17, 15) is 19.6 Å². The van der Waals surface area contributed by atoms with Gasteiger partial charge in [-0.2, -0.15) is 5.26 Å². The first-order valence-electron chi connectivity index (χ1n) is 11.7. The summed E-state index contributed by atoms with van der Waals surface area (Å²) in [4.78, 5) is 40.0. The van der Waals surface area contributed by atoms with Crippen LogP contribution in [0.5, 0.6) is 0 Å². The monoisotopic (exact) mass is 450 g/mol. The quantitative estimate of drug-likeness (QED) is 0.691. The standard InChI is InChI=1S/C25H30N4O4/c1-24(2)18-13-29(23(32)33-14-15-6-4-3-5-7-15)20(19(18)24)22(31)27-17(12-26)10-16-11-25(8-9-25)28-21(16)30/h3-7,16-20H,8-11,13-14H2,1-2H3,(H,27,31)(H,28,30)/t16-,17+,18+,19+,20+/m1/s1. The molecule has 8 heteroatoms. The fraction of sp³-hybridized carbons (Fsp3) is 0.600. The van der Waals surface area contributed by atoms with Crippen molar-refractivity contribution >= 4 is 17.9 Å². The van der Waals surface area contributed by atoms with E-state index in [4.69, 9.17) is 4.74 Å². The molecule has 1 aromatic rings. The number of rotatable bonds is 6. The SMILES string of the molecule is CC1(C)[C@@H]2[C@@H](C(=O)N[C@H](C#N)C[C@@H]3CC4(CC4)NC3=O)N(C(=O)OCc3ccccc3)C[C@@H]21. The van der Waals surface area contributed by atoms with E-state index in [2.05, 4.69) is 30.6 Å². The zero-order valence-corrected chi connectivity index (χ0v) is 19.0. The number of benzene rings is 1. The van der Waals surface area contributed by atoms with E-state index in [1.54, 1.807) is 0 Å². The second-order valence-corrected chi connectivity index (χ2v) is 10.7. The van der Waals surface area contributed by atoms with Crippen LogP contribution in [0, 0.1) is 34.5 Å². The lowest BCUT2D eigenvalue weighted by Gasteiger charge is -2.30. The molecule has 2 heterocycles. The smallest absolute Gasteiger partial charge is 0.410 e. The van der Waals surface area contributed by atoms with Crippen LogP contribution in [0.1, 0.15) is 45.1 Å². The number of carbonyl (C=O) groups excluding carboxylic acids is 3. The molecule has 4 aliphatic rings. The second-order valence-electron chi connectivity index (χ2n) is 10.7. The Morgan fingerprint density at radius 2 is 2.03 bits per heavy atom. The van der Waals surface area contributed by atoms with Gasteiger partial charge in [-0.05, 0) is 48.5 Å². The van der Waals surface area contributed by atoms with E-state index in [1.807, 2.05) is 30.3 Å². The number of nitrogens with one attached hydrogen (secondary N) is 2. The highest BCUT2D eigenvalue weighted by Gasteiger charge is 2.69. The Bertz CT molecular complexity index is 1010. The fourth-order valence-corrected chi connectivity index (χ4v) is 5.91. The number of likely N-dealkylation sites (tertiary alicyclic amines) is 1. The van der Waals surface area contributed by atoms with Crippen LogP contribution in [-0.4, -0.2) is 47.0 Å². The molecule has 2 N–H and O–H groups in total. The molecular weight excluding hydrogens is 420 g/mol. The number of amides is 3. The average molecular weight is 451 g/mol. The maximum absolute atomic E-state index is 13.3. The van der Waals surface area contributed by atoms with Crippen LogP contribution < -0.4 is 10.6 Å². The van der Waals surface area contributed by atoms with Gasteiger partial charge in [-0.1, -0.05) is 44.2 Å². The van der Waals surface area contributed by atoms with Gasteiger partial charge in [0, 0.05) is 18.0 Å². The van der Waals surface area contributed by atoms with Gasteiger partial charge in [-0.3, -0.25) is 14.5 Å². The summed E-state index contributed by atoms with van der Waals surface area (Å²) in [5, 5.41) is 15.5. The Kier molecular flexibility index (Phi) is 5.11. The van der Waals surface area contributed by atoms with Crippen LogP contribution in [-0.2, 0) is 20.9 Å². The van der Waals surface area contributed by atoms with Crippen molar-refractivity contribution in [1.29, 1.82) is 5.26 Å². The molecule has 0 radical (unpaired) electrons. The maximum atomic E-state index is 13.3. The first-order chi connectivity index (χ1) is 15.7. The van der Waals surface area contributed by atoms with E-state index in [1.165, 1.54) is 4.90 Å². The molecule has 0 bridgehead atoms. The Balaban J connectivity index is 1.23. The minimum absolute atomic E-state index is 0.0302. The zero-order valence-electron chi connectivity index (χ0n) is 19.0. The topological polar surface area (TPSA) is 112 Å². The number of hydrogen-bond donors (Lipinski definition) is 2. The summed E-state index contributed by atoms with van der Waals surface area (Å²) in [6, 6.07) is 10.1. The van der Waals surface area contributed by atoms with Gasteiger partial charge in [-0.25, -0.2) is 4.79 Å². The minimum Gasteiger partial charge on any atom is -0.445 e. The summed E-state index contributed by atoms with van der Waals surface area (Å²) in [7, 11) is 0. The molecule has 5 rings (SSSR count). The van der Waals surface area contributed by atoms with Crippen molar-refractivity contribution in [2.24, 2.45) is 23.2 Å². The Morgan fingerprint density at radius 3 is 2.67 bits per heavy atom. The number of fused-ring (bicyclic) bond motifs is 1. The van der Waals surface area contributed by atoms with Gasteiger partial charge in [0.05, 0.1) is 6.07 Å². The molecule has 2 saturated heterocycles. The lowest BCUT2D eigenvalue weighted by molar-refractivity contribution is -0.127. The van der Waals surface area contributed by atoms with Crippen molar-refractivity contribution in [3.05, 3.63) is 35.9 Å². The summed E-state index contributed by atoms with van der Waals surface area (Å²) in [5.41, 5.74) is 0.774. The Labute approximate surface area is 193 Å². The van der Waals surface area contributed by atoms with E-state index in [-0.39, 0.29) is 47.1 Å². The van der Waals surface area contributed by atoms with Crippen LogP contribution in [0.4, 0.5) is 4.79 Å². The van der Waals surface area contributed by atoms with Gasteiger partial charge in [0.2, 0.25) is 11.8 Å². The van der Waals surface area contributed by atoms with Crippen molar-refractivity contribution in [3.8, 4) is 6.07 Å². The molecule has 5 atom stereocenters. The molecule has 33 heavy (non-hydrogen) atoms. The van der Waals surface area contributed by atoms with Crippen LogP contribution in [0.25, 0.3) is 0 Å². The first kappa shape index (κ1) is 21.7. The van der Waals surface area contributed by atoms with Crippen LogP contribution in [0.2, 0.25) is 0 Å². The predicted octanol–water partition coefficient (Wildman–Crippen LogP) is 2.35. The molecule has 174 valence electrons. The number of piperidine rings is 1. The highest BCUT2D eigenvalue weighted by Crippen LogP contribution is 2.65. The lowest BCUT2D eigenvalue weighted by atomic mass is 9.95. The summed E-state index contributed by atoms with van der Waals surface area (Å²) in [6.45, 7) is 4.82. The predicted molar refractivity (Wildman–Crippen MR) is 118 cm³/mol. The van der Waals surface area contributed by atoms with Gasteiger partial charge < -0.3 is 15.4 Å². The first-order valence-corrected chi connectivity index (χ1v) is 11.7. The van der Waals surface area contributed by atoms with Gasteiger partial charge in [0.1, 0.15) is 18.7 Å². The molecule has 2 aliphatic carbocycles. The van der Waals surface area contributed by atoms with Gasteiger partial charge in [0.25, 0.3) is 0 Å². The number of ether oxygens (including phenoxy) is 1. The van der Waals surface area contributed by atoms with Crippen LogP contribution >= 0.6 is 0 Å². The molecule has 2 saturated carbocycles. The third-order valence-corrected chi connectivity index (χ3v) is 8.16. The number of nitrogens with zero attached hydrogens (tertiary/aromatic N) is 2. The molecule has 0 unspecified atom stereocenters. The maximum Gasteiger partial charge on any atom is 0.410 e. The van der Waals surface area contributed by atoms with E-state index in [0.717, 1.165) is 24.8 Å². The van der Waals surface area contributed by atoms with Crippen LogP contribution in [0.15, 0.2) is 30.3 Å². The van der Waals surface area contributed by atoms with Crippen LogP contribution in [0.3, 0.4) is 0 Å². The highest BCUT2D eigenvalue weighted by atomic mass is 16.6. The van der Waals surface area contributed by atoms with Crippen molar-refractivity contribution in [3.63, 3.8) is 0 Å². The highest BCUT2D eigenvalue weighted by molar-refractivity contribution is 5.88. The second kappa shape index (κ2) is 7.75. The van der Waals surface area contributed by atoms with Gasteiger partial charge in [0.15, 0.2) is 0 Å². The molecule has 2 aliphatic heterocycles. The van der Waals surface area contributed by atoms with E-state index >= 15 is 0 Å². The fourth-order valence-electron chi connectivity index (χ4n) is 5.91. The molecule has 3 amide bonds. The third kappa shape index (κ3) is 3.94. The molecule has 4 fully saturated rings. The van der Waals surface area contributed by atoms with Crippen molar-refractivity contribution < 1.29 is 19.1 Å². The number of nitriles is 1. The van der Waals surface area contributed by atoms with E-state index < -0.39 is 18.2 Å². The van der Waals surface area contributed by atoms with Gasteiger partial charge >= 0.3 is 6.09 Å². The molecular formula is C25H30N4O4. The summed E-state index contributed by atoms with van der Waals surface area (Å²) < 4.78 is 5.50. The Hall–Kier alpha value is -3.08. The number of carbonyl (C=O) groups is 3. The normalized spacial score (nSPS) is 30.7. The van der Waals surface area contributed by atoms with Crippen molar-refractivity contribution in [1.82, 2.24) is 15.5 Å². The van der Waals surface area contributed by atoms with Crippen molar-refractivity contribution in [2.45, 2.75) is 63.8 Å². The van der Waals surface area contributed by atoms with E-state index in [0.29, 0.717) is 13.0 Å². The zero-order chi connectivity index (χ0) is 23.4. The summed E-state index contributed by atoms with van der Waals surface area (Å²) in [6.07, 6.45) is 2.47. The number of hydrogen-bond acceptors (Lipinski definition) is 5. The molecule has 1 spiro atoms. The molecule has 8 nitrogen and oxygen atoms in total. The lowest BCUT2D eigenvalue weighted by Crippen LogP contribution is -2.52. The molecule has 1 aromatic carbocycles. The average Bonchev–Trinajstić information content (AvgIpc) is 3.51. The van der Waals surface area contributed by atoms with Crippen molar-refractivity contribution in [2.75, 3.05) is 6.54 Å². The summed E-state index contributed by atoms with van der Waals surface area (Å²) in [5.74, 6) is -0.370. The Morgan fingerprint density at radius 1 is 1.30 bits per heavy atom. The largest absolute Gasteiger partial charge is 0.445 e. The third-order valence-electron chi connectivity index (χ3n) is 8.16. The van der Waals surface area contributed by atoms with Gasteiger partial charge in [-0.15, -0.1) is 0 Å². The summed E-state index contributed by atoms with van der Waals surface area (Å²) >= 11 is 0. The molecule has 0 aromatic heterocycles. The minimum atomic E-state index is -0.773.